The van der Waals surface area contributed by atoms with Gasteiger partial charge >= 0.3 is 5.97 Å². The van der Waals surface area contributed by atoms with Gasteiger partial charge in [0.2, 0.25) is 5.91 Å². The highest BCUT2D eigenvalue weighted by Crippen LogP contribution is 2.33. The van der Waals surface area contributed by atoms with Gasteiger partial charge in [-0.25, -0.2) is 8.42 Å². The van der Waals surface area contributed by atoms with E-state index in [9.17, 15) is 18.0 Å². The summed E-state index contributed by atoms with van der Waals surface area (Å²) in [6.07, 6.45) is 1.89. The highest BCUT2D eigenvalue weighted by atomic mass is 32.2. The number of carboxylic acid groups (broad SMARTS) is 1. The molecule has 0 aromatic rings. The van der Waals surface area contributed by atoms with Gasteiger partial charge in [-0.1, -0.05) is 6.42 Å². The molecule has 1 aliphatic carbocycles. The van der Waals surface area contributed by atoms with Crippen LogP contribution in [0.25, 0.3) is 0 Å². The van der Waals surface area contributed by atoms with Gasteiger partial charge in [0.15, 0.2) is 9.84 Å². The lowest BCUT2D eigenvalue weighted by atomic mass is 9.95. The third-order valence-corrected chi connectivity index (χ3v) is 5.42. The number of sulfone groups is 1. The average Bonchev–Trinajstić information content (AvgIpc) is 2.77. The van der Waals surface area contributed by atoms with Crippen molar-refractivity contribution in [2.24, 2.45) is 11.8 Å². The quantitative estimate of drug-likeness (QED) is 0.750. The van der Waals surface area contributed by atoms with Crippen molar-refractivity contribution in [3.63, 3.8) is 0 Å². The summed E-state index contributed by atoms with van der Waals surface area (Å²) in [7, 11) is -3.01. The highest BCUT2D eigenvalue weighted by molar-refractivity contribution is 7.91. The van der Waals surface area contributed by atoms with Crippen LogP contribution < -0.4 is 0 Å². The third-order valence-electron chi connectivity index (χ3n) is 3.81. The van der Waals surface area contributed by atoms with E-state index in [4.69, 9.17) is 5.11 Å². The normalized spacial score (nSPS) is 31.2. The zero-order valence-corrected chi connectivity index (χ0v) is 10.9. The molecule has 2 unspecified atom stereocenters. The Morgan fingerprint density at radius 1 is 1.06 bits per heavy atom. The van der Waals surface area contributed by atoms with Crippen molar-refractivity contribution in [3.05, 3.63) is 0 Å². The first kappa shape index (κ1) is 13.3. The fourth-order valence-electron chi connectivity index (χ4n) is 2.72. The molecule has 0 radical (unpaired) electrons. The van der Waals surface area contributed by atoms with E-state index in [1.54, 1.807) is 0 Å². The van der Waals surface area contributed by atoms with E-state index in [2.05, 4.69) is 0 Å². The van der Waals surface area contributed by atoms with Crippen LogP contribution in [-0.4, -0.2) is 54.9 Å². The fraction of sp³-hybridized carbons (Fsp3) is 0.818. The molecule has 2 atom stereocenters. The molecular formula is C11H17NO5S. The molecule has 1 saturated carbocycles. The van der Waals surface area contributed by atoms with Gasteiger partial charge in [0, 0.05) is 13.1 Å². The Balaban J connectivity index is 2.02. The number of nitrogens with zero attached hydrogens (tertiary/aromatic N) is 1. The predicted octanol–water partition coefficient (Wildman–Crippen LogP) is -0.256. The molecule has 1 saturated heterocycles. The Kier molecular flexibility index (Phi) is 3.61. The van der Waals surface area contributed by atoms with Crippen molar-refractivity contribution in [1.29, 1.82) is 0 Å². The lowest BCUT2D eigenvalue weighted by molar-refractivity contribution is -0.149. The van der Waals surface area contributed by atoms with Gasteiger partial charge in [-0.2, -0.15) is 0 Å². The second-order valence-corrected chi connectivity index (χ2v) is 7.26. The lowest BCUT2D eigenvalue weighted by Gasteiger charge is -2.30. The van der Waals surface area contributed by atoms with Crippen LogP contribution in [0.4, 0.5) is 0 Å². The number of carbonyl (C=O) groups is 2. The van der Waals surface area contributed by atoms with Crippen LogP contribution in [0.3, 0.4) is 0 Å². The van der Waals surface area contributed by atoms with Crippen LogP contribution in [0.1, 0.15) is 19.3 Å². The van der Waals surface area contributed by atoms with Gasteiger partial charge in [-0.05, 0) is 12.8 Å². The Morgan fingerprint density at radius 2 is 1.61 bits per heavy atom. The molecule has 18 heavy (non-hydrogen) atoms. The second-order valence-electron chi connectivity index (χ2n) is 4.96. The summed E-state index contributed by atoms with van der Waals surface area (Å²) in [6.45, 7) is 0.397. The topological polar surface area (TPSA) is 91.8 Å². The first-order valence-electron chi connectivity index (χ1n) is 6.13. The molecule has 2 fully saturated rings. The smallest absolute Gasteiger partial charge is 0.307 e. The average molecular weight is 275 g/mol. The number of aliphatic carboxylic acids is 1. The zero-order valence-electron chi connectivity index (χ0n) is 10.0. The van der Waals surface area contributed by atoms with Gasteiger partial charge in [0.1, 0.15) is 0 Å². The maximum Gasteiger partial charge on any atom is 0.307 e. The molecule has 1 heterocycles. The van der Waals surface area contributed by atoms with Gasteiger partial charge in [0.25, 0.3) is 0 Å². The first-order chi connectivity index (χ1) is 8.41. The number of carboxylic acids is 1. The summed E-state index contributed by atoms with van der Waals surface area (Å²) in [4.78, 5) is 24.7. The van der Waals surface area contributed by atoms with Crippen LogP contribution in [0.5, 0.6) is 0 Å². The largest absolute Gasteiger partial charge is 0.481 e. The summed E-state index contributed by atoms with van der Waals surface area (Å²) in [5.74, 6) is -2.20. The highest BCUT2D eigenvalue weighted by Gasteiger charge is 2.40. The maximum atomic E-state index is 12.2. The van der Waals surface area contributed by atoms with Crippen LogP contribution in [0.2, 0.25) is 0 Å². The first-order valence-corrected chi connectivity index (χ1v) is 7.95. The van der Waals surface area contributed by atoms with Crippen molar-refractivity contribution >= 4 is 21.7 Å². The Labute approximate surface area is 106 Å². The Bertz CT molecular complexity index is 444. The molecular weight excluding hydrogens is 258 g/mol. The van der Waals surface area contributed by atoms with Crippen molar-refractivity contribution in [3.8, 4) is 0 Å². The summed E-state index contributed by atoms with van der Waals surface area (Å²) < 4.78 is 22.6. The molecule has 2 rings (SSSR count). The monoisotopic (exact) mass is 275 g/mol. The van der Waals surface area contributed by atoms with E-state index in [1.165, 1.54) is 4.90 Å². The maximum absolute atomic E-state index is 12.2. The number of hydrogen-bond acceptors (Lipinski definition) is 4. The van der Waals surface area contributed by atoms with Crippen LogP contribution in [-0.2, 0) is 19.4 Å². The zero-order chi connectivity index (χ0) is 13.3. The number of amides is 1. The molecule has 0 spiro atoms. The molecule has 2 aliphatic rings. The molecule has 102 valence electrons. The lowest BCUT2D eigenvalue weighted by Crippen LogP contribution is -2.47. The molecule has 1 amide bonds. The minimum atomic E-state index is -3.01. The second kappa shape index (κ2) is 4.87. The summed E-state index contributed by atoms with van der Waals surface area (Å²) in [5, 5.41) is 9.05. The number of rotatable bonds is 2. The van der Waals surface area contributed by atoms with E-state index >= 15 is 0 Å². The van der Waals surface area contributed by atoms with Crippen molar-refractivity contribution in [1.82, 2.24) is 4.90 Å². The number of hydrogen-bond donors (Lipinski definition) is 1. The minimum absolute atomic E-state index is 0.0107. The van der Waals surface area contributed by atoms with E-state index in [-0.39, 0.29) is 30.5 Å². The third kappa shape index (κ3) is 2.66. The Morgan fingerprint density at radius 3 is 2.17 bits per heavy atom. The summed E-state index contributed by atoms with van der Waals surface area (Å²) in [5.41, 5.74) is 0. The molecule has 6 nitrogen and oxygen atoms in total. The summed E-state index contributed by atoms with van der Waals surface area (Å²) in [6, 6.07) is 0. The fourth-order valence-corrected chi connectivity index (χ4v) is 3.92. The Hall–Kier alpha value is -1.11. The number of carbonyl (C=O) groups excluding carboxylic acids is 1. The van der Waals surface area contributed by atoms with E-state index in [1.807, 2.05) is 0 Å². The molecule has 0 bridgehead atoms. The van der Waals surface area contributed by atoms with Crippen LogP contribution >= 0.6 is 0 Å². The van der Waals surface area contributed by atoms with Gasteiger partial charge in [0.05, 0.1) is 23.3 Å². The standard InChI is InChI=1S/C11H17NO5S/c13-10(8-2-1-3-9(8)11(14)15)12-4-6-18(16,17)7-5-12/h8-9H,1-7H2,(H,14,15). The molecule has 1 N–H and O–H groups in total. The summed E-state index contributed by atoms with van der Waals surface area (Å²) >= 11 is 0. The SMILES string of the molecule is O=C(O)C1CCCC1C(=O)N1CCS(=O)(=O)CC1. The molecule has 0 aromatic carbocycles. The van der Waals surface area contributed by atoms with Gasteiger partial charge < -0.3 is 10.0 Å². The minimum Gasteiger partial charge on any atom is -0.481 e. The van der Waals surface area contributed by atoms with E-state index in [0.29, 0.717) is 12.8 Å². The van der Waals surface area contributed by atoms with E-state index in [0.717, 1.165) is 6.42 Å². The van der Waals surface area contributed by atoms with Crippen LogP contribution in [0, 0.1) is 11.8 Å². The molecule has 7 heteroatoms. The molecule has 0 aromatic heterocycles. The van der Waals surface area contributed by atoms with Crippen molar-refractivity contribution in [2.75, 3.05) is 24.6 Å². The van der Waals surface area contributed by atoms with E-state index < -0.39 is 27.6 Å². The predicted molar refractivity (Wildman–Crippen MR) is 63.7 cm³/mol. The van der Waals surface area contributed by atoms with Gasteiger partial charge in [-0.15, -0.1) is 0 Å². The van der Waals surface area contributed by atoms with Gasteiger partial charge in [-0.3, -0.25) is 9.59 Å². The molecule has 1 aliphatic heterocycles. The van der Waals surface area contributed by atoms with Crippen LogP contribution in [0.15, 0.2) is 0 Å². The van der Waals surface area contributed by atoms with Crippen molar-refractivity contribution in [2.45, 2.75) is 19.3 Å². The van der Waals surface area contributed by atoms with Crippen molar-refractivity contribution < 1.29 is 23.1 Å².